The molecule has 0 unspecified atom stereocenters. The molecule has 1 saturated heterocycles. The van der Waals surface area contributed by atoms with Gasteiger partial charge in [-0.1, -0.05) is 24.3 Å². The molecular weight excluding hydrogens is 404 g/mol. The molecule has 1 aliphatic heterocycles. The summed E-state index contributed by atoms with van der Waals surface area (Å²) in [6.07, 6.45) is 1.65. The predicted octanol–water partition coefficient (Wildman–Crippen LogP) is 3.83. The third-order valence-corrected chi connectivity index (χ3v) is 5.31. The maximum absolute atomic E-state index is 12.4. The Morgan fingerprint density at radius 2 is 1.93 bits per heavy atom. The molecule has 0 aromatic heterocycles. The minimum Gasteiger partial charge on any atom is -0.493 e. The van der Waals surface area contributed by atoms with Crippen LogP contribution >= 0.6 is 11.8 Å². The lowest BCUT2D eigenvalue weighted by molar-refractivity contribution is -0.123. The van der Waals surface area contributed by atoms with Gasteiger partial charge in [0.05, 0.1) is 36.8 Å². The largest absolute Gasteiger partial charge is 0.493 e. The molecule has 0 aliphatic carbocycles. The summed E-state index contributed by atoms with van der Waals surface area (Å²) in [5.74, 6) is 0.654. The number of nitriles is 1. The molecular formula is C22H20N2O5S. The number of amides is 2. The van der Waals surface area contributed by atoms with Crippen molar-refractivity contribution in [3.05, 3.63) is 64.1 Å². The number of methoxy groups -OCH3 is 2. The average Bonchev–Trinajstić information content (AvgIpc) is 3.03. The van der Waals surface area contributed by atoms with E-state index in [1.54, 1.807) is 36.4 Å². The second-order valence-electron chi connectivity index (χ2n) is 6.29. The van der Waals surface area contributed by atoms with Gasteiger partial charge >= 0.3 is 0 Å². The van der Waals surface area contributed by atoms with E-state index in [0.29, 0.717) is 34.1 Å². The van der Waals surface area contributed by atoms with Crippen LogP contribution in [-0.2, 0) is 16.1 Å². The van der Waals surface area contributed by atoms with Crippen LogP contribution in [0.15, 0.2) is 47.4 Å². The Labute approximate surface area is 178 Å². The van der Waals surface area contributed by atoms with Crippen LogP contribution in [0.25, 0.3) is 6.08 Å². The first-order chi connectivity index (χ1) is 14.6. The minimum absolute atomic E-state index is 0.220. The molecule has 0 spiro atoms. The molecule has 1 heterocycles. The maximum Gasteiger partial charge on any atom is 0.293 e. The van der Waals surface area contributed by atoms with Gasteiger partial charge in [0.2, 0.25) is 0 Å². The van der Waals surface area contributed by atoms with Gasteiger partial charge in [0.15, 0.2) is 11.5 Å². The van der Waals surface area contributed by atoms with E-state index in [4.69, 9.17) is 14.2 Å². The van der Waals surface area contributed by atoms with E-state index in [2.05, 4.69) is 6.07 Å². The summed E-state index contributed by atoms with van der Waals surface area (Å²) in [4.78, 5) is 26.0. The van der Waals surface area contributed by atoms with Gasteiger partial charge in [-0.3, -0.25) is 14.5 Å². The van der Waals surface area contributed by atoms with Crippen LogP contribution in [0.2, 0.25) is 0 Å². The van der Waals surface area contributed by atoms with E-state index in [9.17, 15) is 14.9 Å². The normalized spacial score (nSPS) is 14.8. The number of carbonyl (C=O) groups is 2. The smallest absolute Gasteiger partial charge is 0.293 e. The van der Waals surface area contributed by atoms with Gasteiger partial charge in [-0.05, 0) is 41.6 Å². The molecule has 154 valence electrons. The highest BCUT2D eigenvalue weighted by Gasteiger charge is 2.34. The first-order valence-electron chi connectivity index (χ1n) is 9.10. The second kappa shape index (κ2) is 9.96. The molecule has 2 aromatic rings. The maximum atomic E-state index is 12.4. The number of nitrogens with zero attached hydrogens (tertiary/aromatic N) is 2. The van der Waals surface area contributed by atoms with Crippen LogP contribution in [0.5, 0.6) is 11.5 Å². The number of hydrogen-bond donors (Lipinski definition) is 0. The Balaban J connectivity index is 1.76. The van der Waals surface area contributed by atoms with Crippen LogP contribution in [-0.4, -0.2) is 43.4 Å². The highest BCUT2D eigenvalue weighted by molar-refractivity contribution is 8.18. The number of rotatable bonds is 8. The molecule has 30 heavy (non-hydrogen) atoms. The van der Waals surface area contributed by atoms with E-state index in [1.807, 2.05) is 12.1 Å². The standard InChI is InChI=1S/C22H20N2O5S/c1-27-10-9-24-21(25)20(30-22(24)26)12-15-7-8-18(19(11-15)28-2)29-14-17-6-4-3-5-16(17)13-23/h3-8,11-12H,9-10,14H2,1-2H3/b20-12+. The van der Waals surface area contributed by atoms with Gasteiger partial charge < -0.3 is 14.2 Å². The molecule has 1 fully saturated rings. The number of hydrogen-bond acceptors (Lipinski definition) is 7. The summed E-state index contributed by atoms with van der Waals surface area (Å²) in [7, 11) is 3.04. The zero-order valence-electron chi connectivity index (χ0n) is 16.6. The van der Waals surface area contributed by atoms with Gasteiger partial charge in [0, 0.05) is 12.7 Å². The fourth-order valence-electron chi connectivity index (χ4n) is 2.83. The molecule has 0 bridgehead atoms. The van der Waals surface area contributed by atoms with E-state index in [1.165, 1.54) is 19.1 Å². The Bertz CT molecular complexity index is 1030. The zero-order valence-corrected chi connectivity index (χ0v) is 17.4. The van der Waals surface area contributed by atoms with Crippen LogP contribution in [0, 0.1) is 11.3 Å². The second-order valence-corrected chi connectivity index (χ2v) is 7.29. The van der Waals surface area contributed by atoms with E-state index >= 15 is 0 Å². The van der Waals surface area contributed by atoms with E-state index < -0.39 is 0 Å². The first kappa shape index (κ1) is 21.4. The number of ether oxygens (including phenoxy) is 3. The summed E-state index contributed by atoms with van der Waals surface area (Å²) in [5, 5.41) is 8.88. The minimum atomic E-state index is -0.338. The summed E-state index contributed by atoms with van der Waals surface area (Å²) in [6, 6.07) is 14.6. The van der Waals surface area contributed by atoms with Crippen molar-refractivity contribution in [2.75, 3.05) is 27.4 Å². The summed E-state index contributed by atoms with van der Waals surface area (Å²) < 4.78 is 16.2. The Hall–Kier alpha value is -3.28. The summed E-state index contributed by atoms with van der Waals surface area (Å²) in [6.45, 7) is 0.733. The predicted molar refractivity (Wildman–Crippen MR) is 113 cm³/mol. The molecule has 1 aliphatic rings. The lowest BCUT2D eigenvalue weighted by atomic mass is 10.1. The fourth-order valence-corrected chi connectivity index (χ4v) is 3.70. The monoisotopic (exact) mass is 424 g/mol. The highest BCUT2D eigenvalue weighted by atomic mass is 32.2. The molecule has 0 saturated carbocycles. The molecule has 0 atom stereocenters. The summed E-state index contributed by atoms with van der Waals surface area (Å²) >= 11 is 0.897. The van der Waals surface area contributed by atoms with Crippen molar-refractivity contribution in [2.24, 2.45) is 0 Å². The number of thioether (sulfide) groups is 1. The molecule has 8 heteroatoms. The SMILES string of the molecule is COCCN1C(=O)S/C(=C/c2ccc(OCc3ccccc3C#N)c(OC)c2)C1=O. The van der Waals surface area contributed by atoms with Gasteiger partial charge in [-0.2, -0.15) is 5.26 Å². The van der Waals surface area contributed by atoms with Crippen molar-refractivity contribution in [1.82, 2.24) is 4.90 Å². The molecule has 2 amide bonds. The summed E-state index contributed by atoms with van der Waals surface area (Å²) in [5.41, 5.74) is 2.03. The average molecular weight is 424 g/mol. The molecule has 7 nitrogen and oxygen atoms in total. The topological polar surface area (TPSA) is 88.9 Å². The van der Waals surface area contributed by atoms with Crippen molar-refractivity contribution in [3.63, 3.8) is 0 Å². The van der Waals surface area contributed by atoms with Gasteiger partial charge in [-0.25, -0.2) is 0 Å². The van der Waals surface area contributed by atoms with Crippen molar-refractivity contribution in [3.8, 4) is 17.6 Å². The molecule has 0 radical (unpaired) electrons. The number of benzene rings is 2. The number of imide groups is 1. The molecule has 2 aromatic carbocycles. The quantitative estimate of drug-likeness (QED) is 0.595. The van der Waals surface area contributed by atoms with Crippen LogP contribution < -0.4 is 9.47 Å². The first-order valence-corrected chi connectivity index (χ1v) is 9.92. The Morgan fingerprint density at radius 1 is 1.13 bits per heavy atom. The fraction of sp³-hybridized carbons (Fsp3) is 0.227. The van der Waals surface area contributed by atoms with E-state index in [-0.39, 0.29) is 24.3 Å². The van der Waals surface area contributed by atoms with Crippen LogP contribution in [0.4, 0.5) is 4.79 Å². The van der Waals surface area contributed by atoms with Gasteiger partial charge in [0.1, 0.15) is 6.61 Å². The van der Waals surface area contributed by atoms with Crippen LogP contribution in [0.3, 0.4) is 0 Å². The third-order valence-electron chi connectivity index (χ3n) is 4.40. The molecule has 0 N–H and O–H groups in total. The van der Waals surface area contributed by atoms with Crippen molar-refractivity contribution in [1.29, 1.82) is 5.26 Å². The third kappa shape index (κ3) is 4.82. The Kier molecular flexibility index (Phi) is 7.12. The van der Waals surface area contributed by atoms with Gasteiger partial charge in [0.25, 0.3) is 11.1 Å². The van der Waals surface area contributed by atoms with Gasteiger partial charge in [-0.15, -0.1) is 0 Å². The zero-order chi connectivity index (χ0) is 21.5. The highest BCUT2D eigenvalue weighted by Crippen LogP contribution is 2.34. The van der Waals surface area contributed by atoms with Crippen molar-refractivity contribution >= 4 is 29.0 Å². The lowest BCUT2D eigenvalue weighted by Crippen LogP contribution is -2.31. The van der Waals surface area contributed by atoms with Crippen LogP contribution in [0.1, 0.15) is 16.7 Å². The van der Waals surface area contributed by atoms with Crippen molar-refractivity contribution in [2.45, 2.75) is 6.61 Å². The van der Waals surface area contributed by atoms with E-state index in [0.717, 1.165) is 17.3 Å². The Morgan fingerprint density at radius 3 is 2.67 bits per heavy atom. The number of carbonyl (C=O) groups excluding carboxylic acids is 2. The molecule has 3 rings (SSSR count). The lowest BCUT2D eigenvalue weighted by Gasteiger charge is -2.12. The van der Waals surface area contributed by atoms with Crippen molar-refractivity contribution < 1.29 is 23.8 Å².